The maximum atomic E-state index is 5.81. The lowest BCUT2D eigenvalue weighted by molar-refractivity contribution is 0.257. The van der Waals surface area contributed by atoms with Crippen LogP contribution in [0.15, 0.2) is 0 Å². The Bertz CT molecular complexity index is 363. The van der Waals surface area contributed by atoms with Gasteiger partial charge >= 0.3 is 0 Å². The Balaban J connectivity index is 2.00. The third kappa shape index (κ3) is 2.60. The number of H-pyrrole nitrogens is 1. The first-order valence-electron chi connectivity index (χ1n) is 6.41. The van der Waals surface area contributed by atoms with Gasteiger partial charge in [0.05, 0.1) is 0 Å². The summed E-state index contributed by atoms with van der Waals surface area (Å²) in [6.45, 7) is 9.28. The second-order valence-electron chi connectivity index (χ2n) is 5.68. The van der Waals surface area contributed by atoms with Gasteiger partial charge in [-0.05, 0) is 24.8 Å². The molecule has 17 heavy (non-hydrogen) atoms. The molecule has 5 heteroatoms. The highest BCUT2D eigenvalue weighted by molar-refractivity contribution is 5.30. The molecule has 2 heterocycles. The van der Waals surface area contributed by atoms with Crippen molar-refractivity contribution in [3.63, 3.8) is 0 Å². The van der Waals surface area contributed by atoms with Gasteiger partial charge < -0.3 is 10.6 Å². The average Bonchev–Trinajstić information content (AvgIpc) is 2.79. The summed E-state index contributed by atoms with van der Waals surface area (Å²) in [7, 11) is 0. The van der Waals surface area contributed by atoms with Crippen molar-refractivity contribution in [2.75, 3.05) is 24.5 Å². The number of aromatic nitrogens is 3. The number of piperidine rings is 1. The lowest BCUT2D eigenvalue weighted by Crippen LogP contribution is -2.42. The maximum absolute atomic E-state index is 5.81. The molecule has 0 unspecified atom stereocenters. The second kappa shape index (κ2) is 4.64. The molecule has 1 fully saturated rings. The first-order chi connectivity index (χ1) is 8.04. The van der Waals surface area contributed by atoms with Gasteiger partial charge in [-0.1, -0.05) is 20.8 Å². The van der Waals surface area contributed by atoms with Gasteiger partial charge in [0.15, 0.2) is 0 Å². The van der Waals surface area contributed by atoms with Crippen molar-refractivity contribution in [1.82, 2.24) is 15.2 Å². The molecular formula is C12H23N5. The van der Waals surface area contributed by atoms with Gasteiger partial charge in [-0.15, -0.1) is 5.10 Å². The molecule has 1 aliphatic rings. The van der Waals surface area contributed by atoms with Crippen LogP contribution in [0.4, 0.5) is 5.95 Å². The van der Waals surface area contributed by atoms with Gasteiger partial charge in [0.25, 0.3) is 0 Å². The number of hydrogen-bond donors (Lipinski definition) is 2. The Morgan fingerprint density at radius 3 is 2.53 bits per heavy atom. The summed E-state index contributed by atoms with van der Waals surface area (Å²) < 4.78 is 0. The highest BCUT2D eigenvalue weighted by Gasteiger charge is 2.30. The van der Waals surface area contributed by atoms with E-state index in [1.807, 2.05) is 0 Å². The summed E-state index contributed by atoms with van der Waals surface area (Å²) in [5.74, 6) is 2.20. The normalized spacial score (nSPS) is 19.9. The first-order valence-corrected chi connectivity index (χ1v) is 6.41. The van der Waals surface area contributed by atoms with Crippen molar-refractivity contribution >= 4 is 5.95 Å². The summed E-state index contributed by atoms with van der Waals surface area (Å²) in [5, 5.41) is 7.30. The van der Waals surface area contributed by atoms with Gasteiger partial charge in [-0.25, -0.2) is 0 Å². The van der Waals surface area contributed by atoms with E-state index in [9.17, 15) is 0 Å². The number of nitrogens with zero attached hydrogens (tertiary/aromatic N) is 3. The van der Waals surface area contributed by atoms with Crippen LogP contribution >= 0.6 is 0 Å². The van der Waals surface area contributed by atoms with E-state index in [0.717, 1.165) is 44.2 Å². The van der Waals surface area contributed by atoms with Crippen molar-refractivity contribution in [1.29, 1.82) is 0 Å². The molecule has 2 rings (SSSR count). The highest BCUT2D eigenvalue weighted by Crippen LogP contribution is 2.30. The molecule has 0 atom stereocenters. The van der Waals surface area contributed by atoms with Crippen LogP contribution in [-0.2, 0) is 0 Å². The van der Waals surface area contributed by atoms with Crippen molar-refractivity contribution in [2.24, 2.45) is 11.1 Å². The summed E-state index contributed by atoms with van der Waals surface area (Å²) in [4.78, 5) is 6.78. The molecule has 0 aromatic carbocycles. The molecule has 0 spiro atoms. The topological polar surface area (TPSA) is 70.8 Å². The van der Waals surface area contributed by atoms with Crippen LogP contribution in [0, 0.1) is 5.41 Å². The Labute approximate surface area is 103 Å². The van der Waals surface area contributed by atoms with Crippen molar-refractivity contribution in [2.45, 2.75) is 39.5 Å². The maximum Gasteiger partial charge on any atom is 0.244 e. The van der Waals surface area contributed by atoms with E-state index in [1.54, 1.807) is 0 Å². The molecule has 1 aliphatic heterocycles. The van der Waals surface area contributed by atoms with Crippen LogP contribution in [-0.4, -0.2) is 34.8 Å². The van der Waals surface area contributed by atoms with Crippen LogP contribution in [0.5, 0.6) is 0 Å². The molecule has 1 aromatic rings. The van der Waals surface area contributed by atoms with Gasteiger partial charge in [0.1, 0.15) is 5.82 Å². The van der Waals surface area contributed by atoms with E-state index in [0.29, 0.717) is 11.3 Å². The molecule has 0 saturated carbocycles. The monoisotopic (exact) mass is 237 g/mol. The van der Waals surface area contributed by atoms with Crippen LogP contribution in [0.2, 0.25) is 0 Å². The van der Waals surface area contributed by atoms with Crippen molar-refractivity contribution < 1.29 is 0 Å². The third-order valence-electron chi connectivity index (χ3n) is 3.78. The average molecular weight is 237 g/mol. The standard InChI is InChI=1S/C12H23N5/c1-9(2)10-14-11(16-15-10)17-6-4-12(3,8-13)5-7-17/h9H,4-8,13H2,1-3H3,(H,14,15,16). The quantitative estimate of drug-likeness (QED) is 0.835. The first kappa shape index (κ1) is 12.4. The number of anilines is 1. The zero-order chi connectivity index (χ0) is 12.5. The molecule has 5 nitrogen and oxygen atoms in total. The summed E-state index contributed by atoms with van der Waals surface area (Å²) in [6, 6.07) is 0. The molecule has 96 valence electrons. The Kier molecular flexibility index (Phi) is 3.38. The summed E-state index contributed by atoms with van der Waals surface area (Å²) in [6.07, 6.45) is 2.24. The van der Waals surface area contributed by atoms with Crippen LogP contribution in [0.3, 0.4) is 0 Å². The SMILES string of the molecule is CC(C)c1nc(N2CCC(C)(CN)CC2)n[nH]1. The zero-order valence-electron chi connectivity index (χ0n) is 11.0. The molecule has 1 aromatic heterocycles. The lowest BCUT2D eigenvalue weighted by atomic mass is 9.81. The van der Waals surface area contributed by atoms with Crippen LogP contribution in [0.1, 0.15) is 45.4 Å². The lowest BCUT2D eigenvalue weighted by Gasteiger charge is -2.38. The second-order valence-corrected chi connectivity index (χ2v) is 5.68. The van der Waals surface area contributed by atoms with E-state index in [4.69, 9.17) is 5.73 Å². The Morgan fingerprint density at radius 2 is 2.06 bits per heavy atom. The van der Waals surface area contributed by atoms with E-state index < -0.39 is 0 Å². The molecule has 1 saturated heterocycles. The molecular weight excluding hydrogens is 214 g/mol. The van der Waals surface area contributed by atoms with Crippen LogP contribution < -0.4 is 10.6 Å². The number of rotatable bonds is 3. The van der Waals surface area contributed by atoms with Gasteiger partial charge in [0, 0.05) is 19.0 Å². The van der Waals surface area contributed by atoms with E-state index in [-0.39, 0.29) is 0 Å². The van der Waals surface area contributed by atoms with E-state index >= 15 is 0 Å². The fraction of sp³-hybridized carbons (Fsp3) is 0.833. The number of hydrogen-bond acceptors (Lipinski definition) is 4. The van der Waals surface area contributed by atoms with E-state index in [2.05, 4.69) is 40.9 Å². The number of aromatic amines is 1. The minimum atomic E-state index is 0.299. The van der Waals surface area contributed by atoms with Crippen molar-refractivity contribution in [3.05, 3.63) is 5.82 Å². The van der Waals surface area contributed by atoms with Gasteiger partial charge in [-0.2, -0.15) is 4.98 Å². The minimum absolute atomic E-state index is 0.299. The largest absolute Gasteiger partial charge is 0.340 e. The molecule has 3 N–H and O–H groups in total. The minimum Gasteiger partial charge on any atom is -0.340 e. The predicted molar refractivity (Wildman–Crippen MR) is 69.1 cm³/mol. The van der Waals surface area contributed by atoms with E-state index in [1.165, 1.54) is 0 Å². The van der Waals surface area contributed by atoms with Gasteiger partial charge in [0.2, 0.25) is 5.95 Å². The molecule has 0 radical (unpaired) electrons. The van der Waals surface area contributed by atoms with Crippen molar-refractivity contribution in [3.8, 4) is 0 Å². The van der Waals surface area contributed by atoms with Crippen LogP contribution in [0.25, 0.3) is 0 Å². The van der Waals surface area contributed by atoms with Gasteiger partial charge in [-0.3, -0.25) is 5.10 Å². The third-order valence-corrected chi connectivity index (χ3v) is 3.78. The Hall–Kier alpha value is -1.10. The number of nitrogens with one attached hydrogen (secondary N) is 1. The summed E-state index contributed by atoms with van der Waals surface area (Å²) >= 11 is 0. The zero-order valence-corrected chi connectivity index (χ0v) is 11.0. The Morgan fingerprint density at radius 1 is 1.41 bits per heavy atom. The fourth-order valence-electron chi connectivity index (χ4n) is 2.12. The fourth-order valence-corrected chi connectivity index (χ4v) is 2.12. The predicted octanol–water partition coefficient (Wildman–Crippen LogP) is 1.49. The molecule has 0 amide bonds. The number of nitrogens with two attached hydrogens (primary N) is 1. The summed E-state index contributed by atoms with van der Waals surface area (Å²) in [5.41, 5.74) is 6.11. The molecule has 0 aliphatic carbocycles. The smallest absolute Gasteiger partial charge is 0.244 e. The highest BCUT2D eigenvalue weighted by atomic mass is 15.4. The molecule has 0 bridgehead atoms.